The largest absolute Gasteiger partial charge is 1.00 e. The molecule has 2 heterocycles. The van der Waals surface area contributed by atoms with Gasteiger partial charge in [-0.15, -0.1) is 0 Å². The zero-order valence-electron chi connectivity index (χ0n) is 18.0. The molecule has 0 amide bonds. The molecule has 0 atom stereocenters. The SMILES string of the molecule is CNS(=O)(=O)[N-]c1cccc(Cc2c(C)c3ccc(Oc4nccs4)cc3oc2=O)c1F.[Na+]. The third-order valence-electron chi connectivity index (χ3n) is 4.78. The molecule has 0 fully saturated rings. The minimum Gasteiger partial charge on any atom is -0.561 e. The number of nitrogens with one attached hydrogen (secondary N) is 1. The number of aromatic nitrogens is 1. The summed E-state index contributed by atoms with van der Waals surface area (Å²) in [6, 6.07) is 9.26. The monoisotopic (exact) mass is 497 g/mol. The van der Waals surface area contributed by atoms with Crippen molar-refractivity contribution in [2.24, 2.45) is 0 Å². The van der Waals surface area contributed by atoms with Gasteiger partial charge in [0.2, 0.25) is 0 Å². The Morgan fingerprint density at radius 1 is 1.27 bits per heavy atom. The van der Waals surface area contributed by atoms with Gasteiger partial charge in [-0.05, 0) is 37.2 Å². The molecule has 0 saturated carbocycles. The van der Waals surface area contributed by atoms with Gasteiger partial charge in [0.15, 0.2) is 10.2 Å². The van der Waals surface area contributed by atoms with Crippen LogP contribution >= 0.6 is 11.3 Å². The molecule has 4 aromatic rings. The molecule has 4 rings (SSSR count). The summed E-state index contributed by atoms with van der Waals surface area (Å²) in [4.78, 5) is 16.7. The number of hydrogen-bond acceptors (Lipinski definition) is 7. The van der Waals surface area contributed by atoms with E-state index < -0.39 is 21.7 Å². The molecule has 0 aliphatic heterocycles. The van der Waals surface area contributed by atoms with E-state index in [1.807, 2.05) is 4.72 Å². The van der Waals surface area contributed by atoms with E-state index in [1.54, 1.807) is 36.7 Å². The second kappa shape index (κ2) is 10.3. The molecule has 0 radical (unpaired) electrons. The van der Waals surface area contributed by atoms with Gasteiger partial charge in [-0.3, -0.25) is 0 Å². The van der Waals surface area contributed by atoms with Gasteiger partial charge in [0.25, 0.3) is 5.19 Å². The van der Waals surface area contributed by atoms with Crippen molar-refractivity contribution in [3.05, 3.63) is 85.6 Å². The van der Waals surface area contributed by atoms with Crippen molar-refractivity contribution in [1.29, 1.82) is 0 Å². The smallest absolute Gasteiger partial charge is 0.561 e. The van der Waals surface area contributed by atoms with E-state index >= 15 is 0 Å². The van der Waals surface area contributed by atoms with E-state index in [0.717, 1.165) is 0 Å². The van der Waals surface area contributed by atoms with Gasteiger partial charge in [-0.2, -0.15) is 0 Å². The first-order valence-corrected chi connectivity index (χ1v) is 11.7. The number of halogens is 1. The summed E-state index contributed by atoms with van der Waals surface area (Å²) in [5, 5.41) is 2.91. The molecule has 33 heavy (non-hydrogen) atoms. The van der Waals surface area contributed by atoms with Gasteiger partial charge in [0.1, 0.15) is 17.1 Å². The minimum absolute atomic E-state index is 0. The van der Waals surface area contributed by atoms with E-state index in [1.165, 1.54) is 36.6 Å². The van der Waals surface area contributed by atoms with Crippen LogP contribution in [0.5, 0.6) is 10.9 Å². The third kappa shape index (κ3) is 5.62. The van der Waals surface area contributed by atoms with Crippen molar-refractivity contribution >= 4 is 38.2 Å². The van der Waals surface area contributed by atoms with Crippen LogP contribution in [-0.4, -0.2) is 20.4 Å². The Morgan fingerprint density at radius 2 is 2.06 bits per heavy atom. The number of nitrogens with zero attached hydrogens (tertiary/aromatic N) is 2. The van der Waals surface area contributed by atoms with Crippen molar-refractivity contribution in [2.45, 2.75) is 13.3 Å². The summed E-state index contributed by atoms with van der Waals surface area (Å²) in [6.45, 7) is 1.74. The Kier molecular flexibility index (Phi) is 7.93. The number of ether oxygens (including phenoxy) is 1. The predicted molar refractivity (Wildman–Crippen MR) is 120 cm³/mol. The average Bonchev–Trinajstić information content (AvgIpc) is 3.26. The van der Waals surface area contributed by atoms with Crippen LogP contribution < -0.4 is 44.6 Å². The molecule has 0 unspecified atom stereocenters. The molecule has 0 spiro atoms. The van der Waals surface area contributed by atoms with E-state index in [9.17, 15) is 17.6 Å². The summed E-state index contributed by atoms with van der Waals surface area (Å²) in [6.07, 6.45) is 1.53. The summed E-state index contributed by atoms with van der Waals surface area (Å²) < 4.78 is 54.7. The van der Waals surface area contributed by atoms with Crippen molar-refractivity contribution < 1.29 is 51.5 Å². The molecule has 2 aromatic heterocycles. The number of fused-ring (bicyclic) bond motifs is 1. The van der Waals surface area contributed by atoms with Crippen LogP contribution in [-0.2, 0) is 16.6 Å². The quantitative estimate of drug-likeness (QED) is 0.306. The molecule has 12 heteroatoms. The number of hydrogen-bond donors (Lipinski definition) is 1. The van der Waals surface area contributed by atoms with Crippen LogP contribution in [0.2, 0.25) is 0 Å². The van der Waals surface area contributed by atoms with E-state index in [2.05, 4.69) is 9.71 Å². The Balaban J connectivity index is 0.00000306. The normalized spacial score (nSPS) is 11.2. The summed E-state index contributed by atoms with van der Waals surface area (Å²) in [5.74, 6) is -0.355. The molecule has 0 aliphatic rings. The fourth-order valence-corrected chi connectivity index (χ4v) is 4.14. The van der Waals surface area contributed by atoms with Crippen LogP contribution in [0.4, 0.5) is 10.1 Å². The Labute approximate surface area is 215 Å². The van der Waals surface area contributed by atoms with Crippen molar-refractivity contribution in [1.82, 2.24) is 9.71 Å². The maximum Gasteiger partial charge on any atom is 1.00 e. The average molecular weight is 498 g/mol. The first kappa shape index (κ1) is 25.3. The zero-order valence-corrected chi connectivity index (χ0v) is 21.6. The van der Waals surface area contributed by atoms with E-state index in [0.29, 0.717) is 27.5 Å². The van der Waals surface area contributed by atoms with E-state index in [-0.39, 0.29) is 52.8 Å². The maximum atomic E-state index is 14.9. The van der Waals surface area contributed by atoms with Crippen molar-refractivity contribution in [3.8, 4) is 10.9 Å². The molecular formula is C21H17FN3NaO5S2. The van der Waals surface area contributed by atoms with Crippen LogP contribution in [0.15, 0.2) is 57.2 Å². The fraction of sp³-hybridized carbons (Fsp3) is 0.143. The molecule has 1 N–H and O–H groups in total. The Hall–Kier alpha value is -2.28. The van der Waals surface area contributed by atoms with Gasteiger partial charge in [-0.25, -0.2) is 27.3 Å². The molecule has 166 valence electrons. The zero-order chi connectivity index (χ0) is 22.9. The summed E-state index contributed by atoms with van der Waals surface area (Å²) >= 11 is 1.33. The molecule has 8 nitrogen and oxygen atoms in total. The summed E-state index contributed by atoms with van der Waals surface area (Å²) in [7, 11) is -2.84. The number of aryl methyl sites for hydroxylation is 1. The first-order valence-electron chi connectivity index (χ1n) is 9.35. The van der Waals surface area contributed by atoms with Gasteiger partial charge >= 0.3 is 35.2 Å². The van der Waals surface area contributed by atoms with Gasteiger partial charge in [0.05, 0.1) is 0 Å². The summed E-state index contributed by atoms with van der Waals surface area (Å²) in [5.41, 5.74) is 0.376. The molecule has 2 aromatic carbocycles. The van der Waals surface area contributed by atoms with Crippen LogP contribution in [0, 0.1) is 12.7 Å². The maximum absolute atomic E-state index is 14.9. The minimum atomic E-state index is -4.01. The molecule has 0 bridgehead atoms. The van der Waals surface area contributed by atoms with Crippen molar-refractivity contribution in [3.63, 3.8) is 0 Å². The standard InChI is InChI=1S/C21H17FN3O5S2.Na/c1-12-15-7-6-14(29-21-24-8-9-31-21)11-18(15)30-20(26)16(12)10-13-4-3-5-17(19(13)22)25-32(27,28)23-2;/h3-9,11,23H,10H2,1-2H3;/q-1;+1. The second-order valence-corrected chi connectivity index (χ2v) is 9.15. The molecule has 0 saturated heterocycles. The Morgan fingerprint density at radius 3 is 2.76 bits per heavy atom. The van der Waals surface area contributed by atoms with Crippen molar-refractivity contribution in [2.75, 3.05) is 7.05 Å². The topological polar surface area (TPSA) is 113 Å². The van der Waals surface area contributed by atoms with Gasteiger partial charge in [0, 0.05) is 35.0 Å². The van der Waals surface area contributed by atoms with E-state index in [4.69, 9.17) is 9.15 Å². The van der Waals surface area contributed by atoms with Gasteiger partial charge in [-0.1, -0.05) is 35.2 Å². The fourth-order valence-electron chi connectivity index (χ4n) is 3.14. The second-order valence-electron chi connectivity index (χ2n) is 6.75. The third-order valence-corrected chi connectivity index (χ3v) is 6.38. The molecular weight excluding hydrogens is 480 g/mol. The number of rotatable bonds is 7. The van der Waals surface area contributed by atoms with Crippen LogP contribution in [0.3, 0.4) is 0 Å². The predicted octanol–water partition coefficient (Wildman–Crippen LogP) is 1.55. The molecule has 0 aliphatic carbocycles. The van der Waals surface area contributed by atoms with Gasteiger partial charge < -0.3 is 13.9 Å². The van der Waals surface area contributed by atoms with Crippen LogP contribution in [0.25, 0.3) is 15.7 Å². The van der Waals surface area contributed by atoms with Crippen LogP contribution in [0.1, 0.15) is 16.7 Å². The Bertz CT molecular complexity index is 1460. The number of thiazole rings is 1. The number of benzene rings is 2. The first-order chi connectivity index (χ1) is 15.3.